The van der Waals surface area contributed by atoms with Crippen LogP contribution in [0, 0.1) is 0 Å². The average molecular weight is 299 g/mol. The third kappa shape index (κ3) is 4.56. The normalized spacial score (nSPS) is 12.6. The summed E-state index contributed by atoms with van der Waals surface area (Å²) in [5, 5.41) is 17.1. The Labute approximate surface area is 119 Å². The van der Waals surface area contributed by atoms with E-state index in [1.165, 1.54) is 17.7 Å². The second kappa shape index (κ2) is 7.33. The molecule has 1 atom stereocenters. The number of benzene rings is 1. The molecule has 0 spiro atoms. The highest BCUT2D eigenvalue weighted by atomic mass is 32.1. The molecular weight excluding hydrogens is 284 g/mol. The van der Waals surface area contributed by atoms with Gasteiger partial charge in [0.1, 0.15) is 5.75 Å². The maximum Gasteiger partial charge on any atom is 0.387 e. The van der Waals surface area contributed by atoms with Gasteiger partial charge in [-0.25, -0.2) is 0 Å². The summed E-state index contributed by atoms with van der Waals surface area (Å²) in [5.41, 5.74) is 1.83. The summed E-state index contributed by atoms with van der Waals surface area (Å²) < 4.78 is 28.2. The first-order valence-electron chi connectivity index (χ1n) is 6.10. The Kier molecular flexibility index (Phi) is 5.46. The molecule has 2 N–H and O–H groups in total. The minimum Gasteiger partial charge on any atom is -0.435 e. The largest absolute Gasteiger partial charge is 0.435 e. The fraction of sp³-hybridized carbons (Fsp3) is 0.286. The molecule has 6 heteroatoms. The van der Waals surface area contributed by atoms with Crippen molar-refractivity contribution in [2.24, 2.45) is 0 Å². The standard InChI is InChI=1S/C14H15F2NO2S/c15-14(16)19-12-3-1-11(2-4-12)13(18)8-17-7-10-5-6-20-9-10/h1-6,9,13-14,17-18H,7-8H2. The van der Waals surface area contributed by atoms with Crippen molar-refractivity contribution in [3.05, 3.63) is 52.2 Å². The van der Waals surface area contributed by atoms with Gasteiger partial charge in [-0.05, 0) is 40.1 Å². The highest BCUT2D eigenvalue weighted by Crippen LogP contribution is 2.19. The molecule has 1 aromatic heterocycles. The van der Waals surface area contributed by atoms with Crippen molar-refractivity contribution in [2.75, 3.05) is 6.54 Å². The van der Waals surface area contributed by atoms with Crippen molar-refractivity contribution in [1.82, 2.24) is 5.32 Å². The first-order valence-corrected chi connectivity index (χ1v) is 7.04. The van der Waals surface area contributed by atoms with Crippen LogP contribution in [0.4, 0.5) is 8.78 Å². The Hall–Kier alpha value is -1.50. The first-order chi connectivity index (χ1) is 9.65. The fourth-order valence-electron chi connectivity index (χ4n) is 1.74. The van der Waals surface area contributed by atoms with Crippen LogP contribution in [-0.4, -0.2) is 18.3 Å². The van der Waals surface area contributed by atoms with Crippen molar-refractivity contribution in [2.45, 2.75) is 19.3 Å². The summed E-state index contributed by atoms with van der Waals surface area (Å²) in [4.78, 5) is 0. The number of halogens is 2. The van der Waals surface area contributed by atoms with E-state index in [0.29, 0.717) is 18.7 Å². The number of rotatable bonds is 7. The maximum absolute atomic E-state index is 12.0. The molecule has 0 fully saturated rings. The summed E-state index contributed by atoms with van der Waals surface area (Å²) in [6.07, 6.45) is -0.686. The van der Waals surface area contributed by atoms with Crippen molar-refractivity contribution in [3.63, 3.8) is 0 Å². The SMILES string of the molecule is OC(CNCc1ccsc1)c1ccc(OC(F)F)cc1. The van der Waals surface area contributed by atoms with E-state index >= 15 is 0 Å². The molecule has 2 rings (SSSR count). The molecule has 0 radical (unpaired) electrons. The van der Waals surface area contributed by atoms with Gasteiger partial charge < -0.3 is 15.2 Å². The zero-order valence-electron chi connectivity index (χ0n) is 10.6. The van der Waals surface area contributed by atoms with E-state index in [9.17, 15) is 13.9 Å². The Morgan fingerprint density at radius 1 is 1.20 bits per heavy atom. The molecule has 1 unspecified atom stereocenters. The van der Waals surface area contributed by atoms with Gasteiger partial charge in [0.2, 0.25) is 0 Å². The molecule has 0 aliphatic rings. The number of nitrogens with one attached hydrogen (secondary N) is 1. The van der Waals surface area contributed by atoms with Gasteiger partial charge in [0, 0.05) is 13.1 Å². The second-order valence-electron chi connectivity index (χ2n) is 4.23. The third-order valence-corrected chi connectivity index (χ3v) is 3.47. The molecule has 0 saturated carbocycles. The van der Waals surface area contributed by atoms with Gasteiger partial charge >= 0.3 is 6.61 Å². The lowest BCUT2D eigenvalue weighted by atomic mass is 10.1. The van der Waals surface area contributed by atoms with Gasteiger partial charge in [0.25, 0.3) is 0 Å². The summed E-state index contributed by atoms with van der Waals surface area (Å²) in [6.45, 7) is -1.75. The van der Waals surface area contributed by atoms with E-state index in [2.05, 4.69) is 10.1 Å². The number of ether oxygens (including phenoxy) is 1. The van der Waals surface area contributed by atoms with Crippen LogP contribution >= 0.6 is 11.3 Å². The minimum atomic E-state index is -2.84. The molecule has 1 heterocycles. The third-order valence-electron chi connectivity index (χ3n) is 2.74. The molecule has 0 saturated heterocycles. The average Bonchev–Trinajstić information content (AvgIpc) is 2.92. The maximum atomic E-state index is 12.0. The van der Waals surface area contributed by atoms with E-state index in [-0.39, 0.29) is 5.75 Å². The van der Waals surface area contributed by atoms with E-state index < -0.39 is 12.7 Å². The lowest BCUT2D eigenvalue weighted by Gasteiger charge is -2.12. The van der Waals surface area contributed by atoms with Crippen LogP contribution in [0.1, 0.15) is 17.2 Å². The summed E-state index contributed by atoms with van der Waals surface area (Å²) in [5.74, 6) is 0.0854. The molecule has 20 heavy (non-hydrogen) atoms. The van der Waals surface area contributed by atoms with Crippen LogP contribution in [0.3, 0.4) is 0 Å². The van der Waals surface area contributed by atoms with E-state index in [1.54, 1.807) is 23.5 Å². The topological polar surface area (TPSA) is 41.5 Å². The number of hydrogen-bond acceptors (Lipinski definition) is 4. The van der Waals surface area contributed by atoms with Gasteiger partial charge in [-0.3, -0.25) is 0 Å². The van der Waals surface area contributed by atoms with Crippen LogP contribution in [0.15, 0.2) is 41.1 Å². The van der Waals surface area contributed by atoms with Crippen molar-refractivity contribution in [1.29, 1.82) is 0 Å². The number of alkyl halides is 2. The molecule has 3 nitrogen and oxygen atoms in total. The van der Waals surface area contributed by atoms with Crippen LogP contribution in [0.25, 0.3) is 0 Å². The Morgan fingerprint density at radius 2 is 1.95 bits per heavy atom. The Balaban J connectivity index is 1.81. The molecule has 0 amide bonds. The fourth-order valence-corrected chi connectivity index (χ4v) is 2.40. The van der Waals surface area contributed by atoms with E-state index in [0.717, 1.165) is 0 Å². The molecule has 0 aliphatic carbocycles. The predicted octanol–water partition coefficient (Wildman–Crippen LogP) is 3.17. The highest BCUT2D eigenvalue weighted by molar-refractivity contribution is 7.07. The van der Waals surface area contributed by atoms with Crippen LogP contribution in [-0.2, 0) is 6.54 Å². The number of aliphatic hydroxyl groups is 1. The van der Waals surface area contributed by atoms with Gasteiger partial charge in [-0.2, -0.15) is 20.1 Å². The molecular formula is C14H15F2NO2S. The van der Waals surface area contributed by atoms with Crippen molar-refractivity contribution >= 4 is 11.3 Å². The Morgan fingerprint density at radius 3 is 2.55 bits per heavy atom. The second-order valence-corrected chi connectivity index (χ2v) is 5.01. The lowest BCUT2D eigenvalue weighted by Crippen LogP contribution is -2.20. The van der Waals surface area contributed by atoms with Crippen molar-refractivity contribution in [3.8, 4) is 5.75 Å². The van der Waals surface area contributed by atoms with Gasteiger partial charge in [-0.1, -0.05) is 12.1 Å². The molecule has 1 aromatic carbocycles. The predicted molar refractivity (Wildman–Crippen MR) is 74.1 cm³/mol. The summed E-state index contributed by atoms with van der Waals surface area (Å²) >= 11 is 1.62. The minimum absolute atomic E-state index is 0.0854. The highest BCUT2D eigenvalue weighted by Gasteiger charge is 2.09. The molecule has 2 aromatic rings. The number of aliphatic hydroxyl groups excluding tert-OH is 1. The van der Waals surface area contributed by atoms with E-state index in [1.807, 2.05) is 16.8 Å². The van der Waals surface area contributed by atoms with Gasteiger partial charge in [-0.15, -0.1) is 0 Å². The molecule has 108 valence electrons. The van der Waals surface area contributed by atoms with Gasteiger partial charge in [0.15, 0.2) is 0 Å². The van der Waals surface area contributed by atoms with Crippen LogP contribution in [0.5, 0.6) is 5.75 Å². The quantitative estimate of drug-likeness (QED) is 0.825. The Bertz CT molecular complexity index is 502. The van der Waals surface area contributed by atoms with Crippen molar-refractivity contribution < 1.29 is 18.6 Å². The smallest absolute Gasteiger partial charge is 0.387 e. The zero-order valence-corrected chi connectivity index (χ0v) is 11.4. The van der Waals surface area contributed by atoms with Crippen LogP contribution in [0.2, 0.25) is 0 Å². The van der Waals surface area contributed by atoms with Crippen LogP contribution < -0.4 is 10.1 Å². The summed E-state index contributed by atoms with van der Waals surface area (Å²) in [7, 11) is 0. The molecule has 0 aliphatic heterocycles. The monoisotopic (exact) mass is 299 g/mol. The lowest BCUT2D eigenvalue weighted by molar-refractivity contribution is -0.0498. The van der Waals surface area contributed by atoms with Gasteiger partial charge in [0.05, 0.1) is 6.10 Å². The summed E-state index contributed by atoms with van der Waals surface area (Å²) in [6, 6.07) is 8.01. The van der Waals surface area contributed by atoms with E-state index in [4.69, 9.17) is 0 Å². The first kappa shape index (κ1) is 14.9. The molecule has 0 bridgehead atoms. The number of hydrogen-bond donors (Lipinski definition) is 2. The number of thiophene rings is 1. The zero-order chi connectivity index (χ0) is 14.4.